The maximum Gasteiger partial charge on any atom is 0.160 e. The van der Waals surface area contributed by atoms with Crippen LogP contribution in [0.4, 0.5) is 4.39 Å². The van der Waals surface area contributed by atoms with E-state index < -0.39 is 0 Å². The van der Waals surface area contributed by atoms with Gasteiger partial charge in [0.05, 0.1) is 6.61 Å². The van der Waals surface area contributed by atoms with Crippen LogP contribution in [0.15, 0.2) is 35.1 Å². The Morgan fingerprint density at radius 3 is 2.70 bits per heavy atom. The molecule has 0 aliphatic heterocycles. The Hall–Kier alpha value is -1.37. The summed E-state index contributed by atoms with van der Waals surface area (Å²) in [5, 5.41) is 3.22. The average Bonchev–Trinajstić information content (AvgIpc) is 2.45. The van der Waals surface area contributed by atoms with Crippen LogP contribution in [0.3, 0.4) is 0 Å². The predicted octanol–water partition coefficient (Wildman–Crippen LogP) is 2.78. The molecule has 1 heterocycles. The molecule has 0 aliphatic carbocycles. The van der Waals surface area contributed by atoms with Gasteiger partial charge in [0.15, 0.2) is 5.82 Å². The van der Waals surface area contributed by atoms with E-state index in [-0.39, 0.29) is 5.82 Å². The van der Waals surface area contributed by atoms with Gasteiger partial charge in [-0.2, -0.15) is 0 Å². The molecule has 0 bridgehead atoms. The molecule has 0 saturated heterocycles. The van der Waals surface area contributed by atoms with Crippen LogP contribution in [0, 0.1) is 5.82 Å². The van der Waals surface area contributed by atoms with Crippen LogP contribution in [0.1, 0.15) is 5.56 Å². The minimum atomic E-state index is -0.292. The Morgan fingerprint density at radius 2 is 2.05 bits per heavy atom. The average molecular weight is 340 g/mol. The second-order valence-electron chi connectivity index (χ2n) is 4.21. The molecule has 106 valence electrons. The zero-order chi connectivity index (χ0) is 14.4. The maximum absolute atomic E-state index is 13.0. The molecule has 0 unspecified atom stereocenters. The Balaban J connectivity index is 2.04. The molecule has 0 radical (unpaired) electrons. The smallest absolute Gasteiger partial charge is 0.160 e. The lowest BCUT2D eigenvalue weighted by atomic mass is 10.2. The summed E-state index contributed by atoms with van der Waals surface area (Å²) in [4.78, 5) is 8.61. The largest absolute Gasteiger partial charge is 0.383 e. The first-order valence-corrected chi connectivity index (χ1v) is 6.96. The van der Waals surface area contributed by atoms with Gasteiger partial charge in [0, 0.05) is 48.2 Å². The number of ether oxygens (including phenoxy) is 1. The number of rotatable bonds is 6. The standard InChI is InChI=1S/C14H15BrFN3O/c1-20-5-4-17-7-10-8-18-14(19-9-10)12-3-2-11(16)6-13(12)15/h2-3,6,8-9,17H,4-5,7H2,1H3. The third-order valence-electron chi connectivity index (χ3n) is 2.69. The SMILES string of the molecule is COCCNCc1cnc(-c2ccc(F)cc2Br)nc1. The van der Waals surface area contributed by atoms with Crippen LogP contribution in [0.2, 0.25) is 0 Å². The van der Waals surface area contributed by atoms with Gasteiger partial charge in [0.1, 0.15) is 5.82 Å². The predicted molar refractivity (Wildman–Crippen MR) is 78.7 cm³/mol. The normalized spacial score (nSPS) is 10.8. The molecule has 1 aromatic heterocycles. The van der Waals surface area contributed by atoms with Crippen LogP contribution in [0.5, 0.6) is 0 Å². The van der Waals surface area contributed by atoms with Gasteiger partial charge in [-0.15, -0.1) is 0 Å². The number of nitrogens with zero attached hydrogens (tertiary/aromatic N) is 2. The lowest BCUT2D eigenvalue weighted by molar-refractivity contribution is 0.199. The Labute approximate surface area is 125 Å². The summed E-state index contributed by atoms with van der Waals surface area (Å²) in [6.45, 7) is 2.14. The highest BCUT2D eigenvalue weighted by Crippen LogP contribution is 2.25. The molecule has 0 saturated carbocycles. The molecule has 4 nitrogen and oxygen atoms in total. The van der Waals surface area contributed by atoms with Crippen LogP contribution in [-0.4, -0.2) is 30.2 Å². The van der Waals surface area contributed by atoms with Gasteiger partial charge in [-0.3, -0.25) is 0 Å². The van der Waals surface area contributed by atoms with Crippen molar-refractivity contribution in [3.63, 3.8) is 0 Å². The van der Waals surface area contributed by atoms with Crippen molar-refractivity contribution in [1.29, 1.82) is 0 Å². The lowest BCUT2D eigenvalue weighted by Gasteiger charge is -2.06. The molecular formula is C14H15BrFN3O. The maximum atomic E-state index is 13.0. The number of hydrogen-bond acceptors (Lipinski definition) is 4. The summed E-state index contributed by atoms with van der Waals surface area (Å²) in [6.07, 6.45) is 3.52. The van der Waals surface area contributed by atoms with Gasteiger partial charge in [-0.05, 0) is 34.1 Å². The zero-order valence-electron chi connectivity index (χ0n) is 11.1. The van der Waals surface area contributed by atoms with E-state index in [0.717, 1.165) is 17.7 Å². The van der Waals surface area contributed by atoms with Crippen LogP contribution >= 0.6 is 15.9 Å². The van der Waals surface area contributed by atoms with E-state index in [1.807, 2.05) is 0 Å². The number of hydrogen-bond donors (Lipinski definition) is 1. The van der Waals surface area contributed by atoms with E-state index in [9.17, 15) is 4.39 Å². The summed E-state index contributed by atoms with van der Waals surface area (Å²) >= 11 is 3.32. The van der Waals surface area contributed by atoms with Crippen LogP contribution < -0.4 is 5.32 Å². The molecule has 2 aromatic rings. The summed E-state index contributed by atoms with van der Waals surface area (Å²) < 4.78 is 18.6. The minimum Gasteiger partial charge on any atom is -0.383 e. The highest BCUT2D eigenvalue weighted by molar-refractivity contribution is 9.10. The summed E-state index contributed by atoms with van der Waals surface area (Å²) in [5.74, 6) is 0.275. The Kier molecular flexibility index (Phi) is 5.58. The topological polar surface area (TPSA) is 47.0 Å². The molecule has 1 N–H and O–H groups in total. The number of methoxy groups -OCH3 is 1. The third kappa shape index (κ3) is 4.06. The van der Waals surface area contributed by atoms with Crippen molar-refractivity contribution >= 4 is 15.9 Å². The zero-order valence-corrected chi connectivity index (χ0v) is 12.7. The second kappa shape index (κ2) is 7.42. The van der Waals surface area contributed by atoms with Crippen molar-refractivity contribution in [2.75, 3.05) is 20.3 Å². The summed E-state index contributed by atoms with van der Waals surface area (Å²) in [6, 6.07) is 4.45. The summed E-state index contributed by atoms with van der Waals surface area (Å²) in [7, 11) is 1.67. The molecule has 0 aliphatic rings. The van der Waals surface area contributed by atoms with Gasteiger partial charge < -0.3 is 10.1 Å². The van der Waals surface area contributed by atoms with Crippen molar-refractivity contribution in [2.24, 2.45) is 0 Å². The molecular weight excluding hydrogens is 325 g/mol. The van der Waals surface area contributed by atoms with Crippen LogP contribution in [0.25, 0.3) is 11.4 Å². The third-order valence-corrected chi connectivity index (χ3v) is 3.35. The van der Waals surface area contributed by atoms with Gasteiger partial charge in [-0.25, -0.2) is 14.4 Å². The highest BCUT2D eigenvalue weighted by atomic mass is 79.9. The van der Waals surface area contributed by atoms with E-state index in [1.54, 1.807) is 25.6 Å². The number of aromatic nitrogens is 2. The van der Waals surface area contributed by atoms with Gasteiger partial charge >= 0.3 is 0 Å². The van der Waals surface area contributed by atoms with Gasteiger partial charge in [-0.1, -0.05) is 0 Å². The second-order valence-corrected chi connectivity index (χ2v) is 5.06. The van der Waals surface area contributed by atoms with E-state index in [4.69, 9.17) is 4.74 Å². The molecule has 0 spiro atoms. The summed E-state index contributed by atoms with van der Waals surface area (Å²) in [5.41, 5.74) is 1.76. The van der Waals surface area contributed by atoms with Crippen molar-refractivity contribution in [3.05, 3.63) is 46.4 Å². The van der Waals surface area contributed by atoms with Gasteiger partial charge in [0.2, 0.25) is 0 Å². The van der Waals surface area contributed by atoms with Crippen molar-refractivity contribution < 1.29 is 9.13 Å². The monoisotopic (exact) mass is 339 g/mol. The molecule has 0 fully saturated rings. The highest BCUT2D eigenvalue weighted by Gasteiger charge is 2.07. The molecule has 1 aromatic carbocycles. The molecule has 6 heteroatoms. The minimum absolute atomic E-state index is 0.292. The van der Waals surface area contributed by atoms with Gasteiger partial charge in [0.25, 0.3) is 0 Å². The molecule has 0 atom stereocenters. The molecule has 20 heavy (non-hydrogen) atoms. The van der Waals surface area contributed by atoms with E-state index >= 15 is 0 Å². The van der Waals surface area contributed by atoms with Crippen molar-refractivity contribution in [3.8, 4) is 11.4 Å². The quantitative estimate of drug-likeness (QED) is 0.822. The molecule has 0 amide bonds. The first kappa shape index (κ1) is 15.0. The first-order chi connectivity index (χ1) is 9.70. The fourth-order valence-electron chi connectivity index (χ4n) is 1.66. The van der Waals surface area contributed by atoms with Crippen LogP contribution in [-0.2, 0) is 11.3 Å². The van der Waals surface area contributed by atoms with E-state index in [1.165, 1.54) is 12.1 Å². The van der Waals surface area contributed by atoms with E-state index in [2.05, 4.69) is 31.2 Å². The number of nitrogens with one attached hydrogen (secondary N) is 1. The number of halogens is 2. The first-order valence-electron chi connectivity index (χ1n) is 6.16. The molecule has 2 rings (SSSR count). The Morgan fingerprint density at radius 1 is 1.30 bits per heavy atom. The Bertz CT molecular complexity index is 563. The lowest BCUT2D eigenvalue weighted by Crippen LogP contribution is -2.18. The van der Waals surface area contributed by atoms with Crippen molar-refractivity contribution in [1.82, 2.24) is 15.3 Å². The van der Waals surface area contributed by atoms with Crippen molar-refractivity contribution in [2.45, 2.75) is 6.54 Å². The fraction of sp³-hybridized carbons (Fsp3) is 0.286. The fourth-order valence-corrected chi connectivity index (χ4v) is 2.19. The van der Waals surface area contributed by atoms with E-state index in [0.29, 0.717) is 23.4 Å². The number of benzene rings is 1.